The highest BCUT2D eigenvalue weighted by atomic mass is 16.6. The van der Waals surface area contributed by atoms with E-state index in [1.807, 2.05) is 20.8 Å². The van der Waals surface area contributed by atoms with Crippen molar-refractivity contribution in [3.63, 3.8) is 0 Å². The van der Waals surface area contributed by atoms with Crippen LogP contribution in [0.2, 0.25) is 0 Å². The SMILES string of the molecule is COc1ccncc1C(O)[C@H]1CC2CC2CN1C(=O)OC(C)(C)C. The number of carbonyl (C=O) groups excluding carboxylic acids is 1. The van der Waals surface area contributed by atoms with Crippen LogP contribution < -0.4 is 4.74 Å². The van der Waals surface area contributed by atoms with E-state index in [-0.39, 0.29) is 12.1 Å². The van der Waals surface area contributed by atoms with Crippen LogP contribution in [0.1, 0.15) is 45.3 Å². The molecule has 1 aromatic heterocycles. The van der Waals surface area contributed by atoms with Crippen LogP contribution in [0.25, 0.3) is 0 Å². The lowest BCUT2D eigenvalue weighted by molar-refractivity contribution is -0.0190. The standard InChI is InChI=1S/C18H26N2O4/c1-18(2,3)24-17(22)20-10-12-7-11(12)8-14(20)16(21)13-9-19-6-5-15(13)23-4/h5-6,9,11-12,14,16,21H,7-8,10H2,1-4H3/t11?,12?,14-,16?/m1/s1. The van der Waals surface area contributed by atoms with Gasteiger partial charge < -0.3 is 19.5 Å². The van der Waals surface area contributed by atoms with Gasteiger partial charge in [0, 0.05) is 24.5 Å². The van der Waals surface area contributed by atoms with Gasteiger partial charge in [-0.15, -0.1) is 0 Å². The average molecular weight is 334 g/mol. The summed E-state index contributed by atoms with van der Waals surface area (Å²) < 4.78 is 10.9. The number of methoxy groups -OCH3 is 1. The van der Waals surface area contributed by atoms with Crippen molar-refractivity contribution in [1.82, 2.24) is 9.88 Å². The van der Waals surface area contributed by atoms with Crippen molar-refractivity contribution in [2.75, 3.05) is 13.7 Å². The Morgan fingerprint density at radius 2 is 2.12 bits per heavy atom. The van der Waals surface area contributed by atoms with Crippen molar-refractivity contribution in [2.45, 2.75) is 51.4 Å². The molecule has 1 saturated heterocycles. The zero-order chi connectivity index (χ0) is 17.5. The Balaban J connectivity index is 1.84. The maximum atomic E-state index is 12.6. The molecule has 2 fully saturated rings. The predicted octanol–water partition coefficient (Wildman–Crippen LogP) is 2.77. The van der Waals surface area contributed by atoms with Crippen molar-refractivity contribution in [2.24, 2.45) is 11.8 Å². The number of aliphatic hydroxyl groups excluding tert-OH is 1. The Hall–Kier alpha value is -1.82. The summed E-state index contributed by atoms with van der Waals surface area (Å²) in [6.45, 7) is 6.20. The molecule has 3 rings (SSSR count). The number of hydrogen-bond donors (Lipinski definition) is 1. The minimum absolute atomic E-state index is 0.318. The summed E-state index contributed by atoms with van der Waals surface area (Å²) in [4.78, 5) is 18.4. The van der Waals surface area contributed by atoms with Crippen LogP contribution in [0.4, 0.5) is 4.79 Å². The first-order chi connectivity index (χ1) is 11.3. The van der Waals surface area contributed by atoms with Gasteiger partial charge >= 0.3 is 6.09 Å². The number of amides is 1. The number of aromatic nitrogens is 1. The first-order valence-corrected chi connectivity index (χ1v) is 8.45. The smallest absolute Gasteiger partial charge is 0.410 e. The molecule has 2 aliphatic rings. The summed E-state index contributed by atoms with van der Waals surface area (Å²) in [5, 5.41) is 10.9. The van der Waals surface area contributed by atoms with E-state index in [9.17, 15) is 9.90 Å². The lowest BCUT2D eigenvalue weighted by Gasteiger charge is -2.39. The first kappa shape index (κ1) is 17.0. The van der Waals surface area contributed by atoms with E-state index in [2.05, 4.69) is 4.98 Å². The molecule has 6 nitrogen and oxygen atoms in total. The van der Waals surface area contributed by atoms with Crippen molar-refractivity contribution >= 4 is 6.09 Å². The van der Waals surface area contributed by atoms with Gasteiger partial charge in [0.1, 0.15) is 17.5 Å². The van der Waals surface area contributed by atoms with Crippen LogP contribution in [0, 0.1) is 11.8 Å². The summed E-state index contributed by atoms with van der Waals surface area (Å²) in [5.74, 6) is 1.71. The van der Waals surface area contributed by atoms with Gasteiger partial charge in [-0.2, -0.15) is 0 Å². The molecule has 1 aromatic rings. The highest BCUT2D eigenvalue weighted by molar-refractivity contribution is 5.69. The third-order valence-corrected chi connectivity index (χ3v) is 4.79. The third kappa shape index (κ3) is 3.48. The molecule has 0 aromatic carbocycles. The number of nitrogens with zero attached hydrogens (tertiary/aromatic N) is 2. The van der Waals surface area contributed by atoms with Gasteiger partial charge in [0.25, 0.3) is 0 Å². The van der Waals surface area contributed by atoms with Gasteiger partial charge in [-0.1, -0.05) is 0 Å². The van der Waals surface area contributed by atoms with Gasteiger partial charge in [0.05, 0.1) is 13.2 Å². The molecule has 1 amide bonds. The first-order valence-electron chi connectivity index (χ1n) is 8.45. The highest BCUT2D eigenvalue weighted by Gasteiger charge is 2.50. The number of pyridine rings is 1. The summed E-state index contributed by atoms with van der Waals surface area (Å²) in [6.07, 6.45) is 3.92. The molecule has 1 saturated carbocycles. The number of ether oxygens (including phenoxy) is 2. The molecule has 1 aliphatic heterocycles. The summed E-state index contributed by atoms with van der Waals surface area (Å²) in [5.41, 5.74) is 0.0524. The minimum atomic E-state index is -0.845. The fourth-order valence-corrected chi connectivity index (χ4v) is 3.49. The lowest BCUT2D eigenvalue weighted by Crippen LogP contribution is -2.49. The largest absolute Gasteiger partial charge is 0.496 e. The maximum absolute atomic E-state index is 12.6. The van der Waals surface area contributed by atoms with Crippen LogP contribution in [0.3, 0.4) is 0 Å². The molecule has 3 unspecified atom stereocenters. The zero-order valence-electron chi connectivity index (χ0n) is 14.7. The van der Waals surface area contributed by atoms with Gasteiger partial charge in [-0.25, -0.2) is 4.79 Å². The van der Waals surface area contributed by atoms with E-state index in [0.717, 1.165) is 12.8 Å². The minimum Gasteiger partial charge on any atom is -0.496 e. The maximum Gasteiger partial charge on any atom is 0.410 e. The van der Waals surface area contributed by atoms with E-state index in [0.29, 0.717) is 29.7 Å². The molecule has 132 valence electrons. The van der Waals surface area contributed by atoms with Gasteiger partial charge in [-0.3, -0.25) is 4.98 Å². The molecular formula is C18H26N2O4. The van der Waals surface area contributed by atoms with Crippen molar-refractivity contribution < 1.29 is 19.4 Å². The average Bonchev–Trinajstić information content (AvgIpc) is 3.29. The van der Waals surface area contributed by atoms with Crippen molar-refractivity contribution in [3.05, 3.63) is 24.0 Å². The zero-order valence-corrected chi connectivity index (χ0v) is 14.7. The number of carbonyl (C=O) groups is 1. The molecule has 1 N–H and O–H groups in total. The second-order valence-electron chi connectivity index (χ2n) is 7.75. The highest BCUT2D eigenvalue weighted by Crippen LogP contribution is 2.49. The Labute approximate surface area is 142 Å². The Morgan fingerprint density at radius 1 is 1.38 bits per heavy atom. The van der Waals surface area contributed by atoms with E-state index < -0.39 is 11.7 Å². The van der Waals surface area contributed by atoms with E-state index >= 15 is 0 Å². The van der Waals surface area contributed by atoms with Gasteiger partial charge in [-0.05, 0) is 51.5 Å². The number of hydrogen-bond acceptors (Lipinski definition) is 5. The van der Waals surface area contributed by atoms with Gasteiger partial charge in [0.2, 0.25) is 0 Å². The fraction of sp³-hybridized carbons (Fsp3) is 0.667. The molecule has 4 atom stereocenters. The Morgan fingerprint density at radius 3 is 2.79 bits per heavy atom. The van der Waals surface area contributed by atoms with Gasteiger partial charge in [0.15, 0.2) is 0 Å². The number of piperidine rings is 1. The molecule has 24 heavy (non-hydrogen) atoms. The lowest BCUT2D eigenvalue weighted by atomic mass is 9.93. The second-order valence-corrected chi connectivity index (χ2v) is 7.75. The van der Waals surface area contributed by atoms with E-state index in [4.69, 9.17) is 9.47 Å². The normalized spacial score (nSPS) is 27.2. The number of likely N-dealkylation sites (tertiary alicyclic amines) is 1. The number of rotatable bonds is 3. The second kappa shape index (κ2) is 6.24. The van der Waals surface area contributed by atoms with Crippen molar-refractivity contribution in [1.29, 1.82) is 0 Å². The van der Waals surface area contributed by atoms with Crippen LogP contribution in [0.15, 0.2) is 18.5 Å². The quantitative estimate of drug-likeness (QED) is 0.920. The molecule has 0 bridgehead atoms. The molecule has 0 spiro atoms. The monoisotopic (exact) mass is 334 g/mol. The van der Waals surface area contributed by atoms with Crippen LogP contribution >= 0.6 is 0 Å². The molecule has 6 heteroatoms. The fourth-order valence-electron chi connectivity index (χ4n) is 3.49. The Kier molecular flexibility index (Phi) is 4.42. The van der Waals surface area contributed by atoms with E-state index in [1.165, 1.54) is 0 Å². The molecule has 1 aliphatic carbocycles. The molecular weight excluding hydrogens is 308 g/mol. The molecule has 0 radical (unpaired) electrons. The summed E-state index contributed by atoms with van der Waals surface area (Å²) in [7, 11) is 1.56. The third-order valence-electron chi connectivity index (χ3n) is 4.79. The number of aliphatic hydroxyl groups is 1. The predicted molar refractivity (Wildman–Crippen MR) is 88.7 cm³/mol. The van der Waals surface area contributed by atoms with Crippen LogP contribution in [0.5, 0.6) is 5.75 Å². The topological polar surface area (TPSA) is 71.9 Å². The van der Waals surface area contributed by atoms with Crippen molar-refractivity contribution in [3.8, 4) is 5.75 Å². The number of fused-ring (bicyclic) bond motifs is 1. The molecule has 2 heterocycles. The summed E-state index contributed by atoms with van der Waals surface area (Å²) >= 11 is 0. The Bertz CT molecular complexity index is 613. The summed E-state index contributed by atoms with van der Waals surface area (Å²) in [6, 6.07) is 1.40. The van der Waals surface area contributed by atoms with Crippen LogP contribution in [-0.2, 0) is 4.74 Å². The van der Waals surface area contributed by atoms with E-state index in [1.54, 1.807) is 30.5 Å². The van der Waals surface area contributed by atoms with Crippen LogP contribution in [-0.4, -0.2) is 46.4 Å².